The fourth-order valence-corrected chi connectivity index (χ4v) is 1.77. The molecule has 0 unspecified atom stereocenters. The van der Waals surface area contributed by atoms with Crippen LogP contribution in [-0.4, -0.2) is 11.8 Å². The molecular weight excluding hydrogens is 273 g/mol. The van der Waals surface area contributed by atoms with Crippen LogP contribution in [0.2, 0.25) is 0 Å². The molecule has 6 heteroatoms. The average molecular weight is 287 g/mol. The van der Waals surface area contributed by atoms with Gasteiger partial charge in [0.1, 0.15) is 5.82 Å². The van der Waals surface area contributed by atoms with E-state index in [-0.39, 0.29) is 11.6 Å². The summed E-state index contributed by atoms with van der Waals surface area (Å²) >= 11 is 0. The molecule has 108 valence electrons. The number of anilines is 3. The number of carbonyl (C=O) groups excluding carboxylic acids is 2. The largest absolute Gasteiger partial charge is 0.399 e. The molecule has 4 N–H and O–H groups in total. The second-order valence-corrected chi connectivity index (χ2v) is 4.46. The molecule has 0 saturated carbocycles. The molecule has 2 rings (SSSR count). The van der Waals surface area contributed by atoms with E-state index in [1.165, 1.54) is 31.2 Å². The highest BCUT2D eigenvalue weighted by molar-refractivity contribution is 6.05. The lowest BCUT2D eigenvalue weighted by molar-refractivity contribution is -0.114. The van der Waals surface area contributed by atoms with Crippen LogP contribution in [0, 0.1) is 5.82 Å². The number of halogens is 1. The van der Waals surface area contributed by atoms with Gasteiger partial charge in [-0.15, -0.1) is 0 Å². The van der Waals surface area contributed by atoms with E-state index in [1.54, 1.807) is 18.2 Å². The monoisotopic (exact) mass is 287 g/mol. The second-order valence-electron chi connectivity index (χ2n) is 4.46. The minimum absolute atomic E-state index is 0.00729. The number of amides is 2. The molecule has 5 nitrogen and oxygen atoms in total. The number of benzene rings is 2. The Bertz CT molecular complexity index is 701. The number of hydrogen-bond donors (Lipinski definition) is 3. The summed E-state index contributed by atoms with van der Waals surface area (Å²) in [5.41, 5.74) is 6.85. The zero-order chi connectivity index (χ0) is 15.4. The first-order valence-electron chi connectivity index (χ1n) is 6.20. The molecule has 0 heterocycles. The van der Waals surface area contributed by atoms with Crippen LogP contribution >= 0.6 is 0 Å². The highest BCUT2D eigenvalue weighted by atomic mass is 19.1. The standard InChI is InChI=1S/C15H14FN3O2/c1-9(20)18-14-8-12(5-6-13(14)16)19-15(21)10-3-2-4-11(17)7-10/h2-8H,17H2,1H3,(H,18,20)(H,19,21). The summed E-state index contributed by atoms with van der Waals surface area (Å²) in [6, 6.07) is 10.4. The van der Waals surface area contributed by atoms with Crippen molar-refractivity contribution in [2.75, 3.05) is 16.4 Å². The smallest absolute Gasteiger partial charge is 0.255 e. The summed E-state index contributed by atoms with van der Waals surface area (Å²) in [4.78, 5) is 23.0. The Labute approximate surface area is 121 Å². The van der Waals surface area contributed by atoms with Crippen molar-refractivity contribution in [1.82, 2.24) is 0 Å². The van der Waals surface area contributed by atoms with E-state index in [1.807, 2.05) is 0 Å². The average Bonchev–Trinajstić information content (AvgIpc) is 2.42. The third-order valence-corrected chi connectivity index (χ3v) is 2.68. The van der Waals surface area contributed by atoms with Gasteiger partial charge in [0.25, 0.3) is 5.91 Å². The maximum Gasteiger partial charge on any atom is 0.255 e. The Balaban J connectivity index is 2.19. The van der Waals surface area contributed by atoms with Gasteiger partial charge in [-0.2, -0.15) is 0 Å². The second kappa shape index (κ2) is 6.04. The summed E-state index contributed by atoms with van der Waals surface area (Å²) < 4.78 is 13.5. The molecule has 0 aliphatic rings. The van der Waals surface area contributed by atoms with E-state index in [0.717, 1.165) is 0 Å². The van der Waals surface area contributed by atoms with Crippen LogP contribution in [0.5, 0.6) is 0 Å². The Hall–Kier alpha value is -2.89. The lowest BCUT2D eigenvalue weighted by Crippen LogP contribution is -2.13. The van der Waals surface area contributed by atoms with Crippen molar-refractivity contribution in [3.05, 3.63) is 53.8 Å². The summed E-state index contributed by atoms with van der Waals surface area (Å²) in [6.07, 6.45) is 0. The fraction of sp³-hybridized carbons (Fsp3) is 0.0667. The third kappa shape index (κ3) is 3.79. The van der Waals surface area contributed by atoms with Gasteiger partial charge in [-0.25, -0.2) is 4.39 Å². The van der Waals surface area contributed by atoms with Gasteiger partial charge >= 0.3 is 0 Å². The van der Waals surface area contributed by atoms with Crippen LogP contribution in [0.3, 0.4) is 0 Å². The molecule has 2 aromatic rings. The van der Waals surface area contributed by atoms with E-state index in [0.29, 0.717) is 16.9 Å². The number of nitrogens with one attached hydrogen (secondary N) is 2. The van der Waals surface area contributed by atoms with Crippen LogP contribution in [0.25, 0.3) is 0 Å². The number of hydrogen-bond acceptors (Lipinski definition) is 3. The van der Waals surface area contributed by atoms with Crippen molar-refractivity contribution in [2.24, 2.45) is 0 Å². The van der Waals surface area contributed by atoms with Crippen molar-refractivity contribution in [3.63, 3.8) is 0 Å². The molecule has 0 saturated heterocycles. The van der Waals surface area contributed by atoms with Gasteiger partial charge in [0, 0.05) is 23.9 Å². The van der Waals surface area contributed by atoms with Crippen molar-refractivity contribution >= 4 is 28.9 Å². The molecule has 0 aliphatic carbocycles. The molecule has 0 spiro atoms. The minimum Gasteiger partial charge on any atom is -0.399 e. The van der Waals surface area contributed by atoms with Gasteiger partial charge < -0.3 is 16.4 Å². The fourth-order valence-electron chi connectivity index (χ4n) is 1.77. The van der Waals surface area contributed by atoms with E-state index in [2.05, 4.69) is 10.6 Å². The first-order valence-corrected chi connectivity index (χ1v) is 6.20. The number of rotatable bonds is 3. The van der Waals surface area contributed by atoms with Crippen LogP contribution < -0.4 is 16.4 Å². The topological polar surface area (TPSA) is 84.2 Å². The summed E-state index contributed by atoms with van der Waals surface area (Å²) in [5.74, 6) is -1.34. The number of nitrogen functional groups attached to an aromatic ring is 1. The molecular formula is C15H14FN3O2. The molecule has 21 heavy (non-hydrogen) atoms. The van der Waals surface area contributed by atoms with Gasteiger partial charge in [-0.3, -0.25) is 9.59 Å². The lowest BCUT2D eigenvalue weighted by Gasteiger charge is -2.09. The third-order valence-electron chi connectivity index (χ3n) is 2.68. The van der Waals surface area contributed by atoms with E-state index in [4.69, 9.17) is 5.73 Å². The van der Waals surface area contributed by atoms with Gasteiger partial charge in [0.2, 0.25) is 5.91 Å². The van der Waals surface area contributed by atoms with E-state index in [9.17, 15) is 14.0 Å². The molecule has 0 fully saturated rings. The van der Waals surface area contributed by atoms with Crippen LogP contribution in [0.15, 0.2) is 42.5 Å². The Morgan fingerprint density at radius 3 is 2.52 bits per heavy atom. The Kier molecular flexibility index (Phi) is 4.18. The number of nitrogens with two attached hydrogens (primary N) is 1. The molecule has 0 atom stereocenters. The van der Waals surface area contributed by atoms with Gasteiger partial charge in [-0.05, 0) is 36.4 Å². The minimum atomic E-state index is -0.577. The van der Waals surface area contributed by atoms with Gasteiger partial charge in [0.15, 0.2) is 0 Å². The van der Waals surface area contributed by atoms with E-state index >= 15 is 0 Å². The van der Waals surface area contributed by atoms with Gasteiger partial charge in [0.05, 0.1) is 5.69 Å². The normalized spacial score (nSPS) is 10.0. The molecule has 0 bridgehead atoms. The Morgan fingerprint density at radius 2 is 1.86 bits per heavy atom. The predicted octanol–water partition coefficient (Wildman–Crippen LogP) is 2.62. The van der Waals surface area contributed by atoms with Crippen molar-refractivity contribution in [2.45, 2.75) is 6.92 Å². The Morgan fingerprint density at radius 1 is 1.10 bits per heavy atom. The first kappa shape index (κ1) is 14.5. The SMILES string of the molecule is CC(=O)Nc1cc(NC(=O)c2cccc(N)c2)ccc1F. The maximum atomic E-state index is 13.5. The molecule has 2 amide bonds. The predicted molar refractivity (Wildman–Crippen MR) is 79.5 cm³/mol. The van der Waals surface area contributed by atoms with Crippen LogP contribution in [0.1, 0.15) is 17.3 Å². The molecule has 2 aromatic carbocycles. The van der Waals surface area contributed by atoms with Gasteiger partial charge in [-0.1, -0.05) is 6.07 Å². The molecule has 0 radical (unpaired) electrons. The lowest BCUT2D eigenvalue weighted by atomic mass is 10.2. The zero-order valence-corrected chi connectivity index (χ0v) is 11.3. The van der Waals surface area contributed by atoms with E-state index < -0.39 is 11.7 Å². The molecule has 0 aliphatic heterocycles. The van der Waals surface area contributed by atoms with Crippen molar-refractivity contribution in [3.8, 4) is 0 Å². The summed E-state index contributed by atoms with van der Waals surface area (Å²) in [6.45, 7) is 1.28. The first-order chi connectivity index (χ1) is 9.95. The zero-order valence-electron chi connectivity index (χ0n) is 11.3. The maximum absolute atomic E-state index is 13.5. The highest BCUT2D eigenvalue weighted by Gasteiger charge is 2.09. The summed E-state index contributed by atoms with van der Waals surface area (Å²) in [7, 11) is 0. The van der Waals surface area contributed by atoms with Crippen molar-refractivity contribution < 1.29 is 14.0 Å². The summed E-state index contributed by atoms with van der Waals surface area (Å²) in [5, 5.41) is 4.96. The quantitative estimate of drug-likeness (QED) is 0.759. The highest BCUT2D eigenvalue weighted by Crippen LogP contribution is 2.20. The van der Waals surface area contributed by atoms with Crippen molar-refractivity contribution in [1.29, 1.82) is 0 Å². The number of carbonyl (C=O) groups is 2. The molecule has 0 aromatic heterocycles. The van der Waals surface area contributed by atoms with Crippen LogP contribution in [-0.2, 0) is 4.79 Å². The van der Waals surface area contributed by atoms with Crippen LogP contribution in [0.4, 0.5) is 21.5 Å².